The van der Waals surface area contributed by atoms with E-state index in [0.717, 1.165) is 0 Å². The highest BCUT2D eigenvalue weighted by atomic mass is 19.4. The zero-order valence-electron chi connectivity index (χ0n) is 14.7. The molecule has 0 N–H and O–H groups in total. The summed E-state index contributed by atoms with van der Waals surface area (Å²) in [6.45, 7) is 2.89. The third kappa shape index (κ3) is 3.58. The van der Waals surface area contributed by atoms with Crippen molar-refractivity contribution < 1.29 is 39.5 Å². The van der Waals surface area contributed by atoms with Crippen molar-refractivity contribution >= 4 is 0 Å². The Morgan fingerprint density at radius 2 is 1.32 bits per heavy atom. The van der Waals surface area contributed by atoms with Gasteiger partial charge in [0.25, 0.3) is 0 Å². The van der Waals surface area contributed by atoms with E-state index in [1.807, 2.05) is 0 Å². The van der Waals surface area contributed by atoms with E-state index in [1.165, 1.54) is 19.9 Å². The zero-order chi connectivity index (χ0) is 21.5. The molecule has 154 valence electrons. The van der Waals surface area contributed by atoms with Crippen molar-refractivity contribution in [2.24, 2.45) is 0 Å². The second kappa shape index (κ2) is 7.33. The molecule has 2 aromatic rings. The van der Waals surface area contributed by atoms with Gasteiger partial charge in [0.05, 0.1) is 0 Å². The fraction of sp³-hybridized carbons (Fsp3) is 0.368. The Kier molecular flexibility index (Phi) is 5.78. The number of hydrogen-bond acceptors (Lipinski definition) is 0. The van der Waals surface area contributed by atoms with E-state index >= 15 is 0 Å². The molecule has 0 saturated heterocycles. The number of halogens is 9. The summed E-state index contributed by atoms with van der Waals surface area (Å²) in [6, 6.07) is 3.42. The van der Waals surface area contributed by atoms with Gasteiger partial charge in [-0.2, -0.15) is 26.3 Å². The Balaban J connectivity index is 3.04. The predicted molar refractivity (Wildman–Crippen MR) is 85.4 cm³/mol. The van der Waals surface area contributed by atoms with Gasteiger partial charge in [0, 0.05) is 17.2 Å². The lowest BCUT2D eigenvalue weighted by molar-refractivity contribution is -0.348. The summed E-state index contributed by atoms with van der Waals surface area (Å²) in [5, 5.41) is 0. The maximum Gasteiger partial charge on any atom is 0.435 e. The monoisotopic (exact) mass is 414 g/mol. The molecule has 0 amide bonds. The van der Waals surface area contributed by atoms with Gasteiger partial charge in [0.15, 0.2) is 0 Å². The summed E-state index contributed by atoms with van der Waals surface area (Å²) >= 11 is 0. The van der Waals surface area contributed by atoms with Gasteiger partial charge in [-0.05, 0) is 41.7 Å². The highest BCUT2D eigenvalue weighted by molar-refractivity contribution is 5.74. The fourth-order valence-electron chi connectivity index (χ4n) is 3.00. The molecule has 0 atom stereocenters. The average molecular weight is 414 g/mol. The van der Waals surface area contributed by atoms with E-state index in [-0.39, 0.29) is 24.0 Å². The molecule has 2 aromatic carbocycles. The van der Waals surface area contributed by atoms with Gasteiger partial charge in [0.2, 0.25) is 0 Å². The van der Waals surface area contributed by atoms with Crippen molar-refractivity contribution in [1.82, 2.24) is 0 Å². The highest BCUT2D eigenvalue weighted by Crippen LogP contribution is 2.56. The van der Waals surface area contributed by atoms with Gasteiger partial charge >= 0.3 is 18.0 Å². The number of hydrogen-bond donors (Lipinski definition) is 0. The Morgan fingerprint density at radius 1 is 0.750 bits per heavy atom. The van der Waals surface area contributed by atoms with E-state index < -0.39 is 46.3 Å². The lowest BCUT2D eigenvalue weighted by Crippen LogP contribution is -2.50. The van der Waals surface area contributed by atoms with Crippen LogP contribution in [0.5, 0.6) is 0 Å². The topological polar surface area (TPSA) is 0 Å². The molecule has 0 saturated carbocycles. The molecule has 0 unspecified atom stereocenters. The Labute approximate surface area is 155 Å². The van der Waals surface area contributed by atoms with Crippen molar-refractivity contribution in [2.75, 3.05) is 0 Å². The van der Waals surface area contributed by atoms with Crippen LogP contribution in [0.4, 0.5) is 39.5 Å². The van der Waals surface area contributed by atoms with Crippen LogP contribution in [0, 0.1) is 11.6 Å². The number of benzene rings is 2. The maximum absolute atomic E-state index is 14.9. The lowest BCUT2D eigenvalue weighted by atomic mass is 9.82. The molecule has 28 heavy (non-hydrogen) atoms. The van der Waals surface area contributed by atoms with Gasteiger partial charge in [-0.3, -0.25) is 0 Å². The van der Waals surface area contributed by atoms with Gasteiger partial charge in [-0.1, -0.05) is 26.0 Å². The Morgan fingerprint density at radius 3 is 1.75 bits per heavy atom. The molecule has 0 radical (unpaired) electrons. The molecule has 0 fully saturated rings. The van der Waals surface area contributed by atoms with Crippen molar-refractivity contribution in [2.45, 2.75) is 44.7 Å². The predicted octanol–water partition coefficient (Wildman–Crippen LogP) is 7.05. The van der Waals surface area contributed by atoms with Gasteiger partial charge in [0.1, 0.15) is 11.6 Å². The van der Waals surface area contributed by atoms with Crippen LogP contribution < -0.4 is 0 Å². The molecule has 0 heterocycles. The number of aryl methyl sites for hydroxylation is 2. The summed E-state index contributed by atoms with van der Waals surface area (Å²) in [7, 11) is 0. The summed E-state index contributed by atoms with van der Waals surface area (Å²) in [5.41, 5.74) is -9.20. The van der Waals surface area contributed by atoms with Crippen LogP contribution in [-0.4, -0.2) is 12.4 Å². The van der Waals surface area contributed by atoms with Crippen LogP contribution in [0.1, 0.15) is 30.5 Å². The molecule has 2 rings (SSSR count). The smallest absolute Gasteiger partial charge is 0.218 e. The first-order chi connectivity index (χ1) is 12.8. The Hall–Kier alpha value is -2.19. The molecule has 0 aliphatic carbocycles. The largest absolute Gasteiger partial charge is 0.435 e. The average Bonchev–Trinajstić information content (AvgIpc) is 2.58. The molecule has 9 heteroatoms. The van der Waals surface area contributed by atoms with Crippen molar-refractivity contribution in [3.8, 4) is 11.1 Å². The van der Waals surface area contributed by atoms with E-state index in [2.05, 4.69) is 0 Å². The van der Waals surface area contributed by atoms with Crippen LogP contribution in [0.3, 0.4) is 0 Å². The molecule has 0 aliphatic heterocycles. The van der Waals surface area contributed by atoms with Crippen LogP contribution in [-0.2, 0) is 18.5 Å². The first-order valence-electron chi connectivity index (χ1n) is 8.21. The molecule has 0 nitrogen and oxygen atoms in total. The van der Waals surface area contributed by atoms with Crippen molar-refractivity contribution in [3.63, 3.8) is 0 Å². The van der Waals surface area contributed by atoms with Crippen LogP contribution in [0.25, 0.3) is 11.1 Å². The number of alkyl halides is 7. The second-order valence-electron chi connectivity index (χ2n) is 6.16. The minimum absolute atomic E-state index is 0.0219. The molecular formula is C19H15F9. The number of rotatable bonds is 4. The SMILES string of the molecule is CCc1cc(CC)c(-c2ccc(F)cc2F)c(C(F)(C(F)(F)F)C(F)(F)F)c1. The lowest BCUT2D eigenvalue weighted by Gasteiger charge is -2.33. The molecule has 0 aliphatic rings. The van der Waals surface area contributed by atoms with Crippen LogP contribution in [0.2, 0.25) is 0 Å². The van der Waals surface area contributed by atoms with Gasteiger partial charge in [-0.15, -0.1) is 0 Å². The molecule has 0 aromatic heterocycles. The zero-order valence-corrected chi connectivity index (χ0v) is 14.7. The summed E-state index contributed by atoms with van der Waals surface area (Å²) in [4.78, 5) is 0. The first-order valence-corrected chi connectivity index (χ1v) is 8.21. The third-order valence-corrected chi connectivity index (χ3v) is 4.42. The van der Waals surface area contributed by atoms with Gasteiger partial charge < -0.3 is 0 Å². The summed E-state index contributed by atoms with van der Waals surface area (Å²) in [5.74, 6) is -2.48. The van der Waals surface area contributed by atoms with E-state index in [0.29, 0.717) is 24.3 Å². The van der Waals surface area contributed by atoms with E-state index in [9.17, 15) is 39.5 Å². The van der Waals surface area contributed by atoms with Crippen LogP contribution in [0.15, 0.2) is 30.3 Å². The standard InChI is InChI=1S/C19H15F9/c1-3-10-7-11(4-2)16(13-6-5-12(20)9-15(13)21)14(8-10)17(22,18(23,24)25)19(26,27)28/h5-9H,3-4H2,1-2H3. The normalized spacial score (nSPS) is 13.1. The van der Waals surface area contributed by atoms with Crippen LogP contribution >= 0.6 is 0 Å². The highest BCUT2D eigenvalue weighted by Gasteiger charge is 2.74. The first kappa shape index (κ1) is 22.1. The Bertz CT molecular complexity index is 849. The minimum atomic E-state index is -6.35. The second-order valence-corrected chi connectivity index (χ2v) is 6.16. The van der Waals surface area contributed by atoms with Crippen molar-refractivity contribution in [1.29, 1.82) is 0 Å². The summed E-state index contributed by atoms with van der Waals surface area (Å²) in [6.07, 6.45) is -12.8. The van der Waals surface area contributed by atoms with E-state index in [4.69, 9.17) is 0 Å². The molecule has 0 bridgehead atoms. The third-order valence-electron chi connectivity index (χ3n) is 4.42. The quantitative estimate of drug-likeness (QED) is 0.471. The van der Waals surface area contributed by atoms with Gasteiger partial charge in [-0.25, -0.2) is 13.2 Å². The maximum atomic E-state index is 14.9. The molecule has 0 spiro atoms. The molecular weight excluding hydrogens is 399 g/mol. The summed E-state index contributed by atoms with van der Waals surface area (Å²) < 4.78 is 123. The van der Waals surface area contributed by atoms with Crippen molar-refractivity contribution in [3.05, 3.63) is 58.7 Å². The fourth-order valence-corrected chi connectivity index (χ4v) is 3.00. The van der Waals surface area contributed by atoms with E-state index in [1.54, 1.807) is 0 Å². The minimum Gasteiger partial charge on any atom is -0.218 e.